The fourth-order valence-corrected chi connectivity index (χ4v) is 10.3. The quantitative estimate of drug-likeness (QED) is 0.0204. The molecule has 474 valence electrons. The molecule has 2 heterocycles. The summed E-state index contributed by atoms with van der Waals surface area (Å²) in [5.41, 5.74) is 0. The van der Waals surface area contributed by atoms with Gasteiger partial charge in [0.25, 0.3) is 0 Å². The van der Waals surface area contributed by atoms with Crippen molar-refractivity contribution in [3.8, 4) is 0 Å². The van der Waals surface area contributed by atoms with Gasteiger partial charge in [0, 0.05) is 6.42 Å². The maximum absolute atomic E-state index is 13.3. The van der Waals surface area contributed by atoms with Crippen LogP contribution < -0.4 is 5.32 Å². The van der Waals surface area contributed by atoms with E-state index in [0.717, 1.165) is 70.6 Å². The number of aliphatic hydroxyl groups is 8. The second kappa shape index (κ2) is 52.5. The number of hydrogen-bond acceptors (Lipinski definition) is 13. The zero-order valence-corrected chi connectivity index (χ0v) is 51.2. The fraction of sp³-hybridized carbons (Fsp3) is 0.779. The summed E-state index contributed by atoms with van der Waals surface area (Å²) >= 11 is 0. The lowest BCUT2D eigenvalue weighted by molar-refractivity contribution is -0.359. The van der Waals surface area contributed by atoms with Gasteiger partial charge in [0.1, 0.15) is 48.8 Å². The fourth-order valence-electron chi connectivity index (χ4n) is 10.3. The van der Waals surface area contributed by atoms with Crippen molar-refractivity contribution < 1.29 is 64.6 Å². The number of allylic oxidation sites excluding steroid dienone is 13. The number of carbonyl (C=O) groups is 1. The minimum Gasteiger partial charge on any atom is -0.394 e. The van der Waals surface area contributed by atoms with Crippen molar-refractivity contribution in [1.82, 2.24) is 5.32 Å². The number of carbonyl (C=O) groups excluding carboxylic acids is 1. The Labute approximate surface area is 497 Å². The molecule has 14 nitrogen and oxygen atoms in total. The van der Waals surface area contributed by atoms with E-state index in [0.29, 0.717) is 12.8 Å². The maximum Gasteiger partial charge on any atom is 0.220 e. The molecular formula is C68H119NO13. The summed E-state index contributed by atoms with van der Waals surface area (Å²) in [6.07, 6.45) is 55.2. The van der Waals surface area contributed by atoms with E-state index in [-0.39, 0.29) is 18.9 Å². The third-order valence-corrected chi connectivity index (χ3v) is 15.5. The van der Waals surface area contributed by atoms with Crippen LogP contribution in [-0.4, -0.2) is 140 Å². The molecule has 0 aromatic rings. The summed E-state index contributed by atoms with van der Waals surface area (Å²) in [6, 6.07) is -0.939. The van der Waals surface area contributed by atoms with E-state index in [2.05, 4.69) is 92.1 Å². The SMILES string of the molecule is CC/C=C\C/C=C\C/C=C\C/C=C\CCCCCCCCCCCCCCCCCCCCCCCCC(=O)NC(COC1OC(CO)C(OC2OC(CO)C(O)C(O)C2O)C(O)C1O)C(O)/C=C/CC/C=C/CC/C=C/CCCCC. The van der Waals surface area contributed by atoms with Crippen molar-refractivity contribution in [1.29, 1.82) is 0 Å². The van der Waals surface area contributed by atoms with Crippen LogP contribution in [0.4, 0.5) is 0 Å². The molecule has 0 radical (unpaired) electrons. The first-order valence-corrected chi connectivity index (χ1v) is 32.8. The smallest absolute Gasteiger partial charge is 0.220 e. The Kier molecular flexibility index (Phi) is 48.2. The van der Waals surface area contributed by atoms with Crippen LogP contribution in [0.3, 0.4) is 0 Å². The molecule has 14 heteroatoms. The largest absolute Gasteiger partial charge is 0.394 e. The van der Waals surface area contributed by atoms with E-state index in [4.69, 9.17) is 18.9 Å². The van der Waals surface area contributed by atoms with Gasteiger partial charge in [-0.05, 0) is 83.5 Å². The van der Waals surface area contributed by atoms with Crippen molar-refractivity contribution >= 4 is 5.91 Å². The van der Waals surface area contributed by atoms with Gasteiger partial charge in [0.05, 0.1) is 32.0 Å². The molecule has 2 aliphatic heterocycles. The highest BCUT2D eigenvalue weighted by Crippen LogP contribution is 2.30. The number of nitrogens with one attached hydrogen (secondary N) is 1. The van der Waals surface area contributed by atoms with Gasteiger partial charge in [0.2, 0.25) is 5.91 Å². The van der Waals surface area contributed by atoms with Gasteiger partial charge in [-0.15, -0.1) is 0 Å². The predicted octanol–water partition coefficient (Wildman–Crippen LogP) is 12.4. The number of hydrogen-bond donors (Lipinski definition) is 9. The highest BCUT2D eigenvalue weighted by Gasteiger charge is 2.51. The number of ether oxygens (including phenoxy) is 4. The molecule has 0 aromatic carbocycles. The standard InChI is InChI=1S/C68H119NO13/c1-3-5-7-9-11-13-15-17-18-19-20-21-22-23-24-25-26-27-28-29-30-31-32-33-34-35-36-37-38-40-42-44-46-48-50-52-60(73)69-56(57(72)51-49-47-45-43-41-39-16-14-12-10-8-6-4-2)55-79-67-65(78)63(76)66(59(54-71)81-67)82-68-64(77)62(75)61(74)58(53-70)80-68/h5,7,11-14,17-18,20-21,41,43,49,51,56-59,61-68,70-72,74-78H,3-4,6,8-10,15-16,19,22-40,42,44-48,50,52-55H2,1-2H3,(H,69,73)/b7-5-,13-11-,14-12+,18-17-,21-20-,43-41+,51-49+. The van der Waals surface area contributed by atoms with E-state index >= 15 is 0 Å². The van der Waals surface area contributed by atoms with Crippen molar-refractivity contribution in [2.24, 2.45) is 0 Å². The zero-order valence-electron chi connectivity index (χ0n) is 51.2. The van der Waals surface area contributed by atoms with Gasteiger partial charge in [-0.2, -0.15) is 0 Å². The average molecular weight is 1160 g/mol. The van der Waals surface area contributed by atoms with Gasteiger partial charge in [0.15, 0.2) is 12.6 Å². The van der Waals surface area contributed by atoms with E-state index in [1.807, 2.05) is 6.08 Å². The van der Waals surface area contributed by atoms with Crippen LogP contribution in [0.15, 0.2) is 85.1 Å². The lowest BCUT2D eigenvalue weighted by atomic mass is 9.97. The monoisotopic (exact) mass is 1160 g/mol. The first-order valence-electron chi connectivity index (χ1n) is 32.8. The summed E-state index contributed by atoms with van der Waals surface area (Å²) in [4.78, 5) is 13.3. The second-order valence-electron chi connectivity index (χ2n) is 22.8. The number of amides is 1. The predicted molar refractivity (Wildman–Crippen MR) is 332 cm³/mol. The van der Waals surface area contributed by atoms with Crippen LogP contribution in [-0.2, 0) is 23.7 Å². The van der Waals surface area contributed by atoms with Crippen molar-refractivity contribution in [3.05, 3.63) is 85.1 Å². The highest BCUT2D eigenvalue weighted by molar-refractivity contribution is 5.76. The third-order valence-electron chi connectivity index (χ3n) is 15.5. The lowest BCUT2D eigenvalue weighted by Gasteiger charge is -2.46. The van der Waals surface area contributed by atoms with E-state index < -0.39 is 86.8 Å². The highest BCUT2D eigenvalue weighted by atomic mass is 16.7. The molecule has 0 saturated carbocycles. The third kappa shape index (κ3) is 36.9. The molecule has 2 saturated heterocycles. The lowest BCUT2D eigenvalue weighted by Crippen LogP contribution is -2.65. The number of unbranched alkanes of at least 4 members (excludes halogenated alkanes) is 27. The minimum absolute atomic E-state index is 0.254. The van der Waals surface area contributed by atoms with E-state index in [1.165, 1.54) is 141 Å². The topological polar surface area (TPSA) is 228 Å². The van der Waals surface area contributed by atoms with E-state index in [1.54, 1.807) is 6.08 Å². The van der Waals surface area contributed by atoms with Gasteiger partial charge in [-0.3, -0.25) is 4.79 Å². The Morgan fingerprint density at radius 3 is 1.34 bits per heavy atom. The second-order valence-corrected chi connectivity index (χ2v) is 22.8. The molecular weight excluding hydrogens is 1040 g/mol. The molecule has 0 aliphatic carbocycles. The molecule has 0 aromatic heterocycles. The molecule has 2 fully saturated rings. The molecule has 82 heavy (non-hydrogen) atoms. The van der Waals surface area contributed by atoms with E-state index in [9.17, 15) is 45.6 Å². The van der Waals surface area contributed by atoms with Crippen LogP contribution in [0, 0.1) is 0 Å². The molecule has 12 atom stereocenters. The Hall–Kier alpha value is -2.83. The van der Waals surface area contributed by atoms with Crippen molar-refractivity contribution in [2.45, 2.75) is 319 Å². The summed E-state index contributed by atoms with van der Waals surface area (Å²) in [5.74, 6) is -0.254. The number of aliphatic hydroxyl groups excluding tert-OH is 8. The maximum atomic E-state index is 13.3. The van der Waals surface area contributed by atoms with Gasteiger partial charge < -0.3 is 65.1 Å². The molecule has 0 bridgehead atoms. The van der Waals surface area contributed by atoms with Crippen LogP contribution in [0.5, 0.6) is 0 Å². The molecule has 2 rings (SSSR count). The molecule has 9 N–H and O–H groups in total. The van der Waals surface area contributed by atoms with Crippen LogP contribution in [0.1, 0.15) is 245 Å². The summed E-state index contributed by atoms with van der Waals surface area (Å²) in [5, 5.41) is 87.1. The molecule has 1 amide bonds. The Morgan fingerprint density at radius 2 is 0.854 bits per heavy atom. The van der Waals surface area contributed by atoms with Crippen LogP contribution >= 0.6 is 0 Å². The summed E-state index contributed by atoms with van der Waals surface area (Å²) < 4.78 is 22.7. The normalized spacial score (nSPS) is 24.5. The van der Waals surface area contributed by atoms with Gasteiger partial charge >= 0.3 is 0 Å². The minimum atomic E-state index is -1.79. The Bertz CT molecular complexity index is 1700. The zero-order chi connectivity index (χ0) is 59.5. The van der Waals surface area contributed by atoms with Crippen LogP contribution in [0.25, 0.3) is 0 Å². The van der Waals surface area contributed by atoms with Crippen LogP contribution in [0.2, 0.25) is 0 Å². The van der Waals surface area contributed by atoms with Gasteiger partial charge in [-0.1, -0.05) is 240 Å². The van der Waals surface area contributed by atoms with Gasteiger partial charge in [-0.25, -0.2) is 0 Å². The first kappa shape index (κ1) is 75.3. The summed E-state index contributed by atoms with van der Waals surface area (Å²) in [7, 11) is 0. The molecule has 2 aliphatic rings. The number of rotatable bonds is 52. The Morgan fingerprint density at radius 1 is 0.451 bits per heavy atom. The Balaban J connectivity index is 1.61. The molecule has 0 spiro atoms. The van der Waals surface area contributed by atoms with Crippen molar-refractivity contribution in [2.75, 3.05) is 19.8 Å². The van der Waals surface area contributed by atoms with Crippen molar-refractivity contribution in [3.63, 3.8) is 0 Å². The average Bonchev–Trinajstić information content (AvgIpc) is 3.56. The summed E-state index contributed by atoms with van der Waals surface area (Å²) in [6.45, 7) is 2.63. The first-order chi connectivity index (χ1) is 40.1. The molecule has 12 unspecified atom stereocenters.